The Kier molecular flexibility index (Phi) is 4.07. The lowest BCUT2D eigenvalue weighted by atomic mass is 10.1. The first-order valence-electron chi connectivity index (χ1n) is 5.61. The van der Waals surface area contributed by atoms with Gasteiger partial charge in [-0.05, 0) is 5.56 Å². The molecule has 18 heavy (non-hydrogen) atoms. The summed E-state index contributed by atoms with van der Waals surface area (Å²) < 4.78 is 0. The van der Waals surface area contributed by atoms with E-state index in [2.05, 4.69) is 4.98 Å². The lowest BCUT2D eigenvalue weighted by Crippen LogP contribution is -2.35. The SMILES string of the molecule is CN(Cc1cscn1)C(=O)C(N)c1ccccc1. The summed E-state index contributed by atoms with van der Waals surface area (Å²) >= 11 is 1.52. The Hall–Kier alpha value is -1.72. The van der Waals surface area contributed by atoms with E-state index < -0.39 is 6.04 Å². The van der Waals surface area contributed by atoms with Gasteiger partial charge in [-0.15, -0.1) is 11.3 Å². The fourth-order valence-corrected chi connectivity index (χ4v) is 2.23. The van der Waals surface area contributed by atoms with Gasteiger partial charge in [-0.25, -0.2) is 4.98 Å². The van der Waals surface area contributed by atoms with Crippen LogP contribution in [-0.4, -0.2) is 22.8 Å². The number of amides is 1. The van der Waals surface area contributed by atoms with Gasteiger partial charge in [-0.1, -0.05) is 30.3 Å². The first-order chi connectivity index (χ1) is 8.68. The molecule has 1 heterocycles. The molecule has 1 unspecified atom stereocenters. The molecule has 4 nitrogen and oxygen atoms in total. The van der Waals surface area contributed by atoms with Crippen LogP contribution in [0.5, 0.6) is 0 Å². The summed E-state index contributed by atoms with van der Waals surface area (Å²) in [7, 11) is 1.74. The second-order valence-electron chi connectivity index (χ2n) is 4.06. The predicted molar refractivity (Wildman–Crippen MR) is 72.0 cm³/mol. The van der Waals surface area contributed by atoms with Crippen molar-refractivity contribution in [3.63, 3.8) is 0 Å². The van der Waals surface area contributed by atoms with Gasteiger partial charge in [0.2, 0.25) is 5.91 Å². The van der Waals surface area contributed by atoms with E-state index in [4.69, 9.17) is 5.73 Å². The number of rotatable bonds is 4. The highest BCUT2D eigenvalue weighted by Gasteiger charge is 2.19. The molecule has 2 rings (SSSR count). The summed E-state index contributed by atoms with van der Waals surface area (Å²) in [6.07, 6.45) is 0. The van der Waals surface area contributed by atoms with Gasteiger partial charge in [-0.3, -0.25) is 4.79 Å². The number of hydrogen-bond donors (Lipinski definition) is 1. The number of hydrogen-bond acceptors (Lipinski definition) is 4. The Morgan fingerprint density at radius 1 is 1.44 bits per heavy atom. The van der Waals surface area contributed by atoms with Crippen LogP contribution in [0.3, 0.4) is 0 Å². The molecule has 1 aromatic heterocycles. The number of benzene rings is 1. The predicted octanol–water partition coefficient (Wildman–Crippen LogP) is 1.80. The van der Waals surface area contributed by atoms with Gasteiger partial charge in [0.15, 0.2) is 0 Å². The van der Waals surface area contributed by atoms with E-state index in [0.29, 0.717) is 6.54 Å². The Bertz CT molecular complexity index is 498. The molecule has 0 bridgehead atoms. The highest BCUT2D eigenvalue weighted by molar-refractivity contribution is 7.07. The normalized spacial score (nSPS) is 12.1. The third kappa shape index (κ3) is 2.94. The highest BCUT2D eigenvalue weighted by atomic mass is 32.1. The lowest BCUT2D eigenvalue weighted by molar-refractivity contribution is -0.132. The maximum absolute atomic E-state index is 12.1. The Labute approximate surface area is 110 Å². The van der Waals surface area contributed by atoms with Gasteiger partial charge in [0.05, 0.1) is 17.7 Å². The molecular formula is C13H15N3OS. The number of carbonyl (C=O) groups excluding carboxylic acids is 1. The molecule has 0 spiro atoms. The highest BCUT2D eigenvalue weighted by Crippen LogP contribution is 2.13. The summed E-state index contributed by atoms with van der Waals surface area (Å²) in [5, 5.41) is 1.93. The molecule has 1 atom stereocenters. The number of aromatic nitrogens is 1. The van der Waals surface area contributed by atoms with Crippen LogP contribution >= 0.6 is 11.3 Å². The van der Waals surface area contributed by atoms with E-state index in [1.165, 1.54) is 11.3 Å². The fourth-order valence-electron chi connectivity index (χ4n) is 1.68. The van der Waals surface area contributed by atoms with Crippen molar-refractivity contribution in [2.45, 2.75) is 12.6 Å². The third-order valence-corrected chi connectivity index (χ3v) is 3.32. The van der Waals surface area contributed by atoms with Crippen molar-refractivity contribution in [2.75, 3.05) is 7.05 Å². The van der Waals surface area contributed by atoms with E-state index in [-0.39, 0.29) is 5.91 Å². The summed E-state index contributed by atoms with van der Waals surface area (Å²) in [4.78, 5) is 17.9. The second kappa shape index (κ2) is 5.75. The van der Waals surface area contributed by atoms with Crippen LogP contribution in [0.2, 0.25) is 0 Å². The zero-order valence-corrected chi connectivity index (χ0v) is 10.9. The van der Waals surface area contributed by atoms with E-state index in [0.717, 1.165) is 11.3 Å². The zero-order valence-electron chi connectivity index (χ0n) is 10.1. The minimum Gasteiger partial charge on any atom is -0.338 e. The summed E-state index contributed by atoms with van der Waals surface area (Å²) in [6, 6.07) is 8.76. The van der Waals surface area contributed by atoms with Crippen molar-refractivity contribution in [3.8, 4) is 0 Å². The molecule has 0 fully saturated rings. The Morgan fingerprint density at radius 2 is 2.17 bits per heavy atom. The van der Waals surface area contributed by atoms with Crippen molar-refractivity contribution in [1.82, 2.24) is 9.88 Å². The van der Waals surface area contributed by atoms with Gasteiger partial charge in [-0.2, -0.15) is 0 Å². The molecule has 0 radical (unpaired) electrons. The van der Waals surface area contributed by atoms with Crippen LogP contribution in [0.4, 0.5) is 0 Å². The number of thiazole rings is 1. The van der Waals surface area contributed by atoms with Gasteiger partial charge < -0.3 is 10.6 Å². The van der Waals surface area contributed by atoms with Crippen LogP contribution in [0.1, 0.15) is 17.3 Å². The van der Waals surface area contributed by atoms with Gasteiger partial charge in [0.1, 0.15) is 6.04 Å². The van der Waals surface area contributed by atoms with Gasteiger partial charge >= 0.3 is 0 Å². The van der Waals surface area contributed by atoms with Crippen molar-refractivity contribution >= 4 is 17.2 Å². The summed E-state index contributed by atoms with van der Waals surface area (Å²) in [5.74, 6) is -0.103. The number of carbonyl (C=O) groups is 1. The van der Waals surface area contributed by atoms with E-state index in [1.54, 1.807) is 17.5 Å². The molecular weight excluding hydrogens is 246 g/mol. The Morgan fingerprint density at radius 3 is 2.78 bits per heavy atom. The standard InChI is InChI=1S/C13H15N3OS/c1-16(7-11-8-18-9-15-11)13(17)12(14)10-5-3-2-4-6-10/h2-6,8-9,12H,7,14H2,1H3. The molecule has 0 saturated carbocycles. The van der Waals surface area contributed by atoms with Crippen molar-refractivity contribution in [3.05, 3.63) is 52.5 Å². The minimum atomic E-state index is -0.616. The maximum atomic E-state index is 12.1. The number of likely N-dealkylation sites (N-methyl/N-ethyl adjacent to an activating group) is 1. The average molecular weight is 261 g/mol. The molecule has 0 aliphatic carbocycles. The topological polar surface area (TPSA) is 59.2 Å². The molecule has 0 aliphatic heterocycles. The fraction of sp³-hybridized carbons (Fsp3) is 0.231. The van der Waals surface area contributed by atoms with E-state index >= 15 is 0 Å². The van der Waals surface area contributed by atoms with Crippen LogP contribution in [0.15, 0.2) is 41.2 Å². The number of nitrogens with zero attached hydrogens (tertiary/aromatic N) is 2. The number of nitrogens with two attached hydrogens (primary N) is 1. The first-order valence-corrected chi connectivity index (χ1v) is 6.55. The molecule has 0 saturated heterocycles. The van der Waals surface area contributed by atoms with Crippen molar-refractivity contribution < 1.29 is 4.79 Å². The minimum absolute atomic E-state index is 0.103. The molecule has 0 aliphatic rings. The molecule has 5 heteroatoms. The first kappa shape index (κ1) is 12.7. The second-order valence-corrected chi connectivity index (χ2v) is 4.78. The molecule has 2 N–H and O–H groups in total. The summed E-state index contributed by atoms with van der Waals surface area (Å²) in [5.41, 5.74) is 9.43. The van der Waals surface area contributed by atoms with Crippen LogP contribution in [-0.2, 0) is 11.3 Å². The Balaban J connectivity index is 2.02. The van der Waals surface area contributed by atoms with E-state index in [1.807, 2.05) is 35.7 Å². The average Bonchev–Trinajstić information content (AvgIpc) is 2.91. The molecule has 1 aromatic carbocycles. The summed E-state index contributed by atoms with van der Waals surface area (Å²) in [6.45, 7) is 0.489. The molecule has 1 amide bonds. The third-order valence-electron chi connectivity index (χ3n) is 2.68. The quantitative estimate of drug-likeness (QED) is 0.913. The van der Waals surface area contributed by atoms with Gasteiger partial charge in [0.25, 0.3) is 0 Å². The van der Waals surface area contributed by atoms with Crippen molar-refractivity contribution in [1.29, 1.82) is 0 Å². The maximum Gasteiger partial charge on any atom is 0.244 e. The van der Waals surface area contributed by atoms with Gasteiger partial charge in [0, 0.05) is 12.4 Å². The smallest absolute Gasteiger partial charge is 0.244 e. The molecule has 2 aromatic rings. The largest absolute Gasteiger partial charge is 0.338 e. The zero-order chi connectivity index (χ0) is 13.0. The lowest BCUT2D eigenvalue weighted by Gasteiger charge is -2.20. The van der Waals surface area contributed by atoms with E-state index in [9.17, 15) is 4.79 Å². The van der Waals surface area contributed by atoms with Crippen LogP contribution in [0.25, 0.3) is 0 Å². The van der Waals surface area contributed by atoms with Crippen molar-refractivity contribution in [2.24, 2.45) is 5.73 Å². The molecule has 94 valence electrons. The van der Waals surface area contributed by atoms with Crippen LogP contribution < -0.4 is 5.73 Å². The van der Waals surface area contributed by atoms with Crippen LogP contribution in [0, 0.1) is 0 Å². The monoisotopic (exact) mass is 261 g/mol.